The Hall–Kier alpha value is -1.56. The maximum atomic E-state index is 11.9. The third kappa shape index (κ3) is 6.56. The van der Waals surface area contributed by atoms with Gasteiger partial charge in [0, 0.05) is 62.6 Å². The summed E-state index contributed by atoms with van der Waals surface area (Å²) in [6, 6.07) is 7.09. The van der Waals surface area contributed by atoms with Crippen LogP contribution in [0.4, 0.5) is 11.4 Å². The van der Waals surface area contributed by atoms with Gasteiger partial charge in [-0.1, -0.05) is 40.7 Å². The van der Waals surface area contributed by atoms with Crippen LogP contribution in [-0.4, -0.2) is 69.7 Å². The summed E-state index contributed by atoms with van der Waals surface area (Å²) in [7, 11) is 0. The number of carbonyl (C=O) groups is 1. The summed E-state index contributed by atoms with van der Waals surface area (Å²) in [6.45, 7) is 19.5. The predicted octanol–water partition coefficient (Wildman–Crippen LogP) is 5.28. The Balaban J connectivity index is 0.00000324. The lowest BCUT2D eigenvalue weighted by atomic mass is 9.65. The molecule has 1 aromatic rings. The summed E-state index contributed by atoms with van der Waals surface area (Å²) >= 11 is 0. The molecular weight excluding hydrogens is 446 g/mol. The highest BCUT2D eigenvalue weighted by atomic mass is 35.5. The summed E-state index contributed by atoms with van der Waals surface area (Å²) < 4.78 is 5.60. The monoisotopic (exact) mass is 489 g/mol. The van der Waals surface area contributed by atoms with E-state index in [1.54, 1.807) is 0 Å². The molecule has 2 aliphatic heterocycles. The Kier molecular flexibility index (Phi) is 8.75. The molecule has 4 rings (SSSR count). The molecule has 0 radical (unpaired) electrons. The molecule has 1 aliphatic carbocycles. The molecular formula is C28H44ClN3O2. The third-order valence-corrected chi connectivity index (χ3v) is 7.38. The van der Waals surface area contributed by atoms with Gasteiger partial charge in [-0.25, -0.2) is 0 Å². The topological polar surface area (TPSA) is 36.0 Å². The SMILES string of the molecule is CCC(=O)CN1CCN(c2ccc(N3CCOCC3)cc2C2=CC(C)(C)CC(C)(C)C2)CC1.Cl. The first-order valence-corrected chi connectivity index (χ1v) is 12.8. The van der Waals surface area contributed by atoms with E-state index in [1.807, 2.05) is 6.92 Å². The molecule has 0 aromatic heterocycles. The van der Waals surface area contributed by atoms with E-state index in [4.69, 9.17) is 4.74 Å². The fourth-order valence-corrected chi connectivity index (χ4v) is 6.14. The number of ketones is 1. The molecule has 1 aromatic carbocycles. The zero-order valence-corrected chi connectivity index (χ0v) is 22.7. The second kappa shape index (κ2) is 11.0. The van der Waals surface area contributed by atoms with Gasteiger partial charge in [0.05, 0.1) is 19.8 Å². The van der Waals surface area contributed by atoms with Gasteiger partial charge < -0.3 is 14.5 Å². The van der Waals surface area contributed by atoms with Crippen molar-refractivity contribution in [3.8, 4) is 0 Å². The average molecular weight is 490 g/mol. The fraction of sp³-hybridized carbons (Fsp3) is 0.679. The summed E-state index contributed by atoms with van der Waals surface area (Å²) in [5.41, 5.74) is 6.05. The van der Waals surface area contributed by atoms with E-state index in [0.717, 1.165) is 58.9 Å². The molecule has 6 heteroatoms. The maximum absolute atomic E-state index is 11.9. The second-order valence-electron chi connectivity index (χ2n) is 11.6. The van der Waals surface area contributed by atoms with Crippen molar-refractivity contribution in [3.63, 3.8) is 0 Å². The van der Waals surface area contributed by atoms with Gasteiger partial charge >= 0.3 is 0 Å². The minimum absolute atomic E-state index is 0. The number of Topliss-reactive ketones (excluding diaryl/α,β-unsaturated/α-hetero) is 1. The normalized spacial score (nSPS) is 22.7. The highest BCUT2D eigenvalue weighted by Gasteiger charge is 2.35. The summed E-state index contributed by atoms with van der Waals surface area (Å²) in [5.74, 6) is 0.343. The predicted molar refractivity (Wildman–Crippen MR) is 145 cm³/mol. The Morgan fingerprint density at radius 3 is 2.26 bits per heavy atom. The Morgan fingerprint density at radius 2 is 1.65 bits per heavy atom. The van der Waals surface area contributed by atoms with Gasteiger partial charge in [-0.2, -0.15) is 0 Å². The highest BCUT2D eigenvalue weighted by Crippen LogP contribution is 2.49. The minimum atomic E-state index is 0. The van der Waals surface area contributed by atoms with Gasteiger partial charge in [0.25, 0.3) is 0 Å². The van der Waals surface area contributed by atoms with Crippen molar-refractivity contribution in [1.29, 1.82) is 0 Å². The van der Waals surface area contributed by atoms with E-state index in [-0.39, 0.29) is 17.8 Å². The molecule has 0 bridgehead atoms. The first-order chi connectivity index (χ1) is 15.7. The molecule has 0 unspecified atom stereocenters. The van der Waals surface area contributed by atoms with E-state index in [2.05, 4.69) is 66.7 Å². The largest absolute Gasteiger partial charge is 0.378 e. The number of rotatable bonds is 6. The first kappa shape index (κ1) is 27.0. The number of allylic oxidation sites excluding steroid dienone is 2. The molecule has 190 valence electrons. The lowest BCUT2D eigenvalue weighted by molar-refractivity contribution is -0.119. The van der Waals surface area contributed by atoms with Crippen molar-refractivity contribution in [1.82, 2.24) is 4.90 Å². The molecule has 2 fully saturated rings. The van der Waals surface area contributed by atoms with Gasteiger partial charge in [0.15, 0.2) is 0 Å². The van der Waals surface area contributed by atoms with Crippen LogP contribution in [0.2, 0.25) is 0 Å². The minimum Gasteiger partial charge on any atom is -0.378 e. The van der Waals surface area contributed by atoms with Crippen LogP contribution in [0.5, 0.6) is 0 Å². The van der Waals surface area contributed by atoms with Crippen LogP contribution in [0.25, 0.3) is 5.57 Å². The van der Waals surface area contributed by atoms with Gasteiger partial charge in [0.1, 0.15) is 5.78 Å². The van der Waals surface area contributed by atoms with Crippen LogP contribution < -0.4 is 9.80 Å². The number of halogens is 1. The molecule has 0 N–H and O–H groups in total. The van der Waals surface area contributed by atoms with Crippen LogP contribution in [0.3, 0.4) is 0 Å². The second-order valence-corrected chi connectivity index (χ2v) is 11.6. The van der Waals surface area contributed by atoms with Crippen molar-refractivity contribution < 1.29 is 9.53 Å². The molecule has 34 heavy (non-hydrogen) atoms. The quantitative estimate of drug-likeness (QED) is 0.543. The molecule has 2 saturated heterocycles. The number of piperazine rings is 1. The average Bonchev–Trinajstić information content (AvgIpc) is 2.78. The molecule has 3 aliphatic rings. The highest BCUT2D eigenvalue weighted by molar-refractivity contribution is 5.85. The standard InChI is InChI=1S/C28H43N3O2.ClH/c1-6-24(32)20-29-9-11-31(12-10-29)26-8-7-23(30-13-15-33-16-14-30)17-25(26)22-18-27(2,3)21-28(4,5)19-22;/h7-8,17-18H,6,9-16,19-21H2,1-5H3;1H. The van der Waals surface area contributed by atoms with Crippen LogP contribution in [-0.2, 0) is 9.53 Å². The van der Waals surface area contributed by atoms with Crippen LogP contribution >= 0.6 is 12.4 Å². The molecule has 2 heterocycles. The number of morpholine rings is 1. The van der Waals surface area contributed by atoms with E-state index in [9.17, 15) is 4.79 Å². The molecule has 0 spiro atoms. The number of hydrogen-bond donors (Lipinski definition) is 0. The zero-order valence-electron chi connectivity index (χ0n) is 21.9. The summed E-state index contributed by atoms with van der Waals surface area (Å²) in [6.07, 6.45) is 5.50. The van der Waals surface area contributed by atoms with Crippen molar-refractivity contribution in [3.05, 3.63) is 29.8 Å². The van der Waals surface area contributed by atoms with Crippen molar-refractivity contribution in [2.75, 3.05) is 68.8 Å². The molecule has 0 saturated carbocycles. The number of ether oxygens (including phenoxy) is 1. The van der Waals surface area contributed by atoms with Gasteiger partial charge in [-0.05, 0) is 47.4 Å². The Labute approximate surface area is 212 Å². The number of carbonyl (C=O) groups excluding carboxylic acids is 1. The first-order valence-electron chi connectivity index (χ1n) is 12.8. The van der Waals surface area contributed by atoms with Crippen molar-refractivity contribution >= 4 is 35.1 Å². The van der Waals surface area contributed by atoms with Crippen molar-refractivity contribution in [2.24, 2.45) is 10.8 Å². The zero-order chi connectivity index (χ0) is 23.6. The smallest absolute Gasteiger partial charge is 0.146 e. The van der Waals surface area contributed by atoms with E-state index in [0.29, 0.717) is 24.2 Å². The number of nitrogens with zero attached hydrogens (tertiary/aromatic N) is 3. The van der Waals surface area contributed by atoms with E-state index < -0.39 is 0 Å². The van der Waals surface area contributed by atoms with E-state index in [1.165, 1.54) is 28.9 Å². The lowest BCUT2D eigenvalue weighted by Crippen LogP contribution is -2.48. The number of benzene rings is 1. The maximum Gasteiger partial charge on any atom is 0.146 e. The molecule has 5 nitrogen and oxygen atoms in total. The fourth-order valence-electron chi connectivity index (χ4n) is 6.14. The van der Waals surface area contributed by atoms with Gasteiger partial charge in [-0.15, -0.1) is 12.4 Å². The Bertz CT molecular complexity index is 882. The summed E-state index contributed by atoms with van der Waals surface area (Å²) in [4.78, 5) is 19.2. The van der Waals surface area contributed by atoms with Crippen molar-refractivity contribution in [2.45, 2.75) is 53.9 Å². The lowest BCUT2D eigenvalue weighted by Gasteiger charge is -2.42. The number of anilines is 2. The van der Waals surface area contributed by atoms with Gasteiger partial charge in [-0.3, -0.25) is 9.69 Å². The summed E-state index contributed by atoms with van der Waals surface area (Å²) in [5, 5.41) is 0. The molecule has 0 atom stereocenters. The molecule has 0 amide bonds. The van der Waals surface area contributed by atoms with Crippen LogP contribution in [0.15, 0.2) is 24.3 Å². The third-order valence-electron chi connectivity index (χ3n) is 7.38. The van der Waals surface area contributed by atoms with Gasteiger partial charge in [0.2, 0.25) is 0 Å². The van der Waals surface area contributed by atoms with E-state index >= 15 is 0 Å². The van der Waals surface area contributed by atoms with Crippen LogP contribution in [0, 0.1) is 10.8 Å². The Morgan fingerprint density at radius 1 is 0.971 bits per heavy atom. The number of hydrogen-bond acceptors (Lipinski definition) is 5. The van der Waals surface area contributed by atoms with Crippen LogP contribution in [0.1, 0.15) is 59.4 Å².